The van der Waals surface area contributed by atoms with Crippen LogP contribution in [0.1, 0.15) is 0 Å². The number of para-hydroxylation sites is 1. The Labute approximate surface area is 108 Å². The van der Waals surface area contributed by atoms with Gasteiger partial charge >= 0.3 is 0 Å². The van der Waals surface area contributed by atoms with Gasteiger partial charge in [0, 0.05) is 19.8 Å². The Morgan fingerprint density at radius 2 is 1.94 bits per heavy atom. The number of nitrogens with zero attached hydrogens (tertiary/aromatic N) is 3. The third-order valence-corrected chi connectivity index (χ3v) is 3.09. The minimum atomic E-state index is -0.0993. The first kappa shape index (κ1) is 11.9. The van der Waals surface area contributed by atoms with E-state index in [1.807, 2.05) is 42.3 Å². The second kappa shape index (κ2) is 4.71. The lowest BCUT2D eigenvalue weighted by Gasteiger charge is -2.20. The Balaban J connectivity index is 2.49. The van der Waals surface area contributed by atoms with Crippen molar-refractivity contribution in [1.82, 2.24) is 9.55 Å². The van der Waals surface area contributed by atoms with Gasteiger partial charge in [-0.15, -0.1) is 0 Å². The van der Waals surface area contributed by atoms with Gasteiger partial charge in [0.25, 0.3) is 5.56 Å². The molecule has 4 nitrogen and oxygen atoms in total. The maximum atomic E-state index is 11.8. The normalized spacial score (nSPS) is 10.3. The second-order valence-corrected chi connectivity index (χ2v) is 4.52. The fraction of sp³-hybridized carbons (Fsp3) is 0.167. The maximum absolute atomic E-state index is 11.8. The highest BCUT2D eigenvalue weighted by atomic mass is 79.9. The molecule has 0 spiro atoms. The molecule has 1 aromatic carbocycles. The molecule has 0 amide bonds. The summed E-state index contributed by atoms with van der Waals surface area (Å²) in [5.74, 6) is 0.601. The molecule has 0 unspecified atom stereocenters. The van der Waals surface area contributed by atoms with Crippen molar-refractivity contribution in [2.45, 2.75) is 0 Å². The van der Waals surface area contributed by atoms with Crippen LogP contribution < -0.4 is 10.5 Å². The van der Waals surface area contributed by atoms with Gasteiger partial charge in [0.15, 0.2) is 0 Å². The van der Waals surface area contributed by atoms with Crippen LogP contribution in [0.3, 0.4) is 0 Å². The zero-order valence-electron chi connectivity index (χ0n) is 9.59. The van der Waals surface area contributed by atoms with E-state index in [1.165, 1.54) is 10.8 Å². The highest BCUT2D eigenvalue weighted by Crippen LogP contribution is 2.19. The summed E-state index contributed by atoms with van der Waals surface area (Å²) >= 11 is 3.17. The highest BCUT2D eigenvalue weighted by Gasteiger charge is 2.10. The molecule has 0 N–H and O–H groups in total. The van der Waals surface area contributed by atoms with Crippen molar-refractivity contribution in [1.29, 1.82) is 0 Å². The van der Waals surface area contributed by atoms with Crippen LogP contribution in [0.15, 0.2) is 45.8 Å². The first-order chi connectivity index (χ1) is 8.11. The van der Waals surface area contributed by atoms with Gasteiger partial charge in [0.1, 0.15) is 4.47 Å². The van der Waals surface area contributed by atoms with Gasteiger partial charge in [-0.25, -0.2) is 4.98 Å². The molecule has 2 aromatic rings. The van der Waals surface area contributed by atoms with Crippen molar-refractivity contribution < 1.29 is 0 Å². The van der Waals surface area contributed by atoms with E-state index < -0.39 is 0 Å². The van der Waals surface area contributed by atoms with Crippen LogP contribution in [0.2, 0.25) is 0 Å². The van der Waals surface area contributed by atoms with Crippen molar-refractivity contribution >= 4 is 27.6 Å². The SMILES string of the molecule is CN(c1ccccc1)c1ncc(Br)c(=O)n1C. The molecule has 0 aliphatic rings. The first-order valence-electron chi connectivity index (χ1n) is 5.11. The predicted octanol–water partition coefficient (Wildman–Crippen LogP) is 2.31. The van der Waals surface area contributed by atoms with E-state index in [0.29, 0.717) is 10.4 Å². The molecule has 0 aliphatic heterocycles. The number of halogens is 1. The summed E-state index contributed by atoms with van der Waals surface area (Å²) in [6, 6.07) is 9.78. The lowest BCUT2D eigenvalue weighted by molar-refractivity contribution is 0.800. The van der Waals surface area contributed by atoms with Crippen molar-refractivity contribution in [3.63, 3.8) is 0 Å². The summed E-state index contributed by atoms with van der Waals surface area (Å²) < 4.78 is 1.97. The molecule has 0 radical (unpaired) electrons. The quantitative estimate of drug-likeness (QED) is 0.853. The predicted molar refractivity (Wildman–Crippen MR) is 71.7 cm³/mol. The molecule has 1 aromatic heterocycles. The van der Waals surface area contributed by atoms with E-state index in [2.05, 4.69) is 20.9 Å². The topological polar surface area (TPSA) is 38.1 Å². The number of aromatic nitrogens is 2. The lowest BCUT2D eigenvalue weighted by atomic mass is 10.3. The standard InChI is InChI=1S/C12H12BrN3O/c1-15(9-6-4-3-5-7-9)12-14-8-10(13)11(17)16(12)2/h3-8H,1-2H3. The van der Waals surface area contributed by atoms with Gasteiger partial charge < -0.3 is 4.90 Å². The Kier molecular flexibility index (Phi) is 3.28. The highest BCUT2D eigenvalue weighted by molar-refractivity contribution is 9.10. The summed E-state index contributed by atoms with van der Waals surface area (Å²) in [5, 5.41) is 0. The van der Waals surface area contributed by atoms with Crippen molar-refractivity contribution in [2.75, 3.05) is 11.9 Å². The van der Waals surface area contributed by atoms with E-state index in [1.54, 1.807) is 7.05 Å². The van der Waals surface area contributed by atoms with Crippen LogP contribution >= 0.6 is 15.9 Å². The van der Waals surface area contributed by atoms with Gasteiger partial charge in [-0.1, -0.05) is 18.2 Å². The molecule has 17 heavy (non-hydrogen) atoms. The molecule has 0 bridgehead atoms. The van der Waals surface area contributed by atoms with E-state index in [-0.39, 0.29) is 5.56 Å². The molecule has 0 saturated carbocycles. The number of benzene rings is 1. The zero-order valence-corrected chi connectivity index (χ0v) is 11.2. The maximum Gasteiger partial charge on any atom is 0.268 e. The first-order valence-corrected chi connectivity index (χ1v) is 5.91. The third-order valence-electron chi connectivity index (χ3n) is 2.55. The number of hydrogen-bond donors (Lipinski definition) is 0. The number of anilines is 2. The molecule has 0 aliphatic carbocycles. The van der Waals surface area contributed by atoms with E-state index in [0.717, 1.165) is 5.69 Å². The van der Waals surface area contributed by atoms with Crippen LogP contribution in [0.5, 0.6) is 0 Å². The molecule has 0 fully saturated rings. The summed E-state index contributed by atoms with van der Waals surface area (Å²) in [5.41, 5.74) is 0.884. The second-order valence-electron chi connectivity index (χ2n) is 3.66. The zero-order chi connectivity index (χ0) is 12.4. The van der Waals surface area contributed by atoms with Crippen LogP contribution in [0.4, 0.5) is 11.6 Å². The Morgan fingerprint density at radius 3 is 2.59 bits per heavy atom. The van der Waals surface area contributed by atoms with Gasteiger partial charge in [0.05, 0.1) is 6.20 Å². The smallest absolute Gasteiger partial charge is 0.268 e. The molecule has 2 rings (SSSR count). The Morgan fingerprint density at radius 1 is 1.29 bits per heavy atom. The molecule has 1 heterocycles. The van der Waals surface area contributed by atoms with Gasteiger partial charge in [-0.3, -0.25) is 9.36 Å². The fourth-order valence-electron chi connectivity index (χ4n) is 1.59. The van der Waals surface area contributed by atoms with Crippen molar-refractivity contribution in [2.24, 2.45) is 7.05 Å². The summed E-state index contributed by atoms with van der Waals surface area (Å²) in [4.78, 5) is 17.9. The molecular formula is C12H12BrN3O. The molecular weight excluding hydrogens is 282 g/mol. The fourth-order valence-corrected chi connectivity index (χ4v) is 1.95. The van der Waals surface area contributed by atoms with E-state index in [9.17, 15) is 4.79 Å². The Hall–Kier alpha value is -1.62. The van der Waals surface area contributed by atoms with Gasteiger partial charge in [0.2, 0.25) is 5.95 Å². The van der Waals surface area contributed by atoms with Crippen molar-refractivity contribution in [3.05, 3.63) is 51.4 Å². The van der Waals surface area contributed by atoms with Crippen LogP contribution in [0.25, 0.3) is 0 Å². The van der Waals surface area contributed by atoms with Crippen LogP contribution in [-0.4, -0.2) is 16.6 Å². The average Bonchev–Trinajstić information content (AvgIpc) is 2.36. The molecule has 88 valence electrons. The van der Waals surface area contributed by atoms with Crippen LogP contribution in [-0.2, 0) is 7.05 Å². The molecule has 0 atom stereocenters. The van der Waals surface area contributed by atoms with Crippen molar-refractivity contribution in [3.8, 4) is 0 Å². The summed E-state index contributed by atoms with van der Waals surface area (Å²) in [6.07, 6.45) is 1.52. The van der Waals surface area contributed by atoms with E-state index >= 15 is 0 Å². The minimum Gasteiger partial charge on any atom is -0.315 e. The van der Waals surface area contributed by atoms with Gasteiger partial charge in [-0.05, 0) is 28.1 Å². The summed E-state index contributed by atoms with van der Waals surface area (Å²) in [7, 11) is 3.58. The summed E-state index contributed by atoms with van der Waals surface area (Å²) in [6.45, 7) is 0. The van der Waals surface area contributed by atoms with Crippen LogP contribution in [0, 0.1) is 0 Å². The largest absolute Gasteiger partial charge is 0.315 e. The Bertz CT molecular complexity index is 580. The minimum absolute atomic E-state index is 0.0993. The number of rotatable bonds is 2. The monoisotopic (exact) mass is 293 g/mol. The number of hydrogen-bond acceptors (Lipinski definition) is 3. The lowest BCUT2D eigenvalue weighted by Crippen LogP contribution is -2.26. The van der Waals surface area contributed by atoms with E-state index in [4.69, 9.17) is 0 Å². The van der Waals surface area contributed by atoms with Gasteiger partial charge in [-0.2, -0.15) is 0 Å². The average molecular weight is 294 g/mol. The third kappa shape index (κ3) is 2.24. The molecule has 5 heteroatoms. The molecule has 0 saturated heterocycles.